The normalized spacial score (nSPS) is 24.4. The zero-order valence-electron chi connectivity index (χ0n) is 10.6. The van der Waals surface area contributed by atoms with Crippen molar-refractivity contribution in [1.82, 2.24) is 15.5 Å². The molecule has 0 saturated heterocycles. The molecule has 0 radical (unpaired) electrons. The van der Waals surface area contributed by atoms with Crippen LogP contribution in [0.1, 0.15) is 42.1 Å². The Morgan fingerprint density at radius 1 is 1.41 bits per heavy atom. The van der Waals surface area contributed by atoms with Crippen molar-refractivity contribution < 1.29 is 4.74 Å². The van der Waals surface area contributed by atoms with Gasteiger partial charge in [0, 0.05) is 26.1 Å². The predicted molar refractivity (Wildman–Crippen MR) is 69.2 cm³/mol. The van der Waals surface area contributed by atoms with Gasteiger partial charge in [0.2, 0.25) is 0 Å². The maximum absolute atomic E-state index is 4.99. The van der Waals surface area contributed by atoms with Crippen LogP contribution in [0.3, 0.4) is 0 Å². The number of methoxy groups -OCH3 is 1. The number of hydrogen-bond acceptors (Lipinski definition) is 5. The van der Waals surface area contributed by atoms with Gasteiger partial charge in [-0.1, -0.05) is 31.1 Å². The van der Waals surface area contributed by atoms with Crippen LogP contribution in [0.25, 0.3) is 0 Å². The molecule has 0 bridgehead atoms. The van der Waals surface area contributed by atoms with Crippen LogP contribution in [0.5, 0.6) is 0 Å². The average Bonchev–Trinajstić information content (AvgIpc) is 2.93. The van der Waals surface area contributed by atoms with Crippen molar-refractivity contribution in [1.29, 1.82) is 0 Å². The standard InChI is InChI=1S/C12H21N3OS/c1-9-4-3-5-10(9)12-15-14-11(17-12)8-13-6-7-16-2/h9-10,13H,3-8H2,1-2H3. The van der Waals surface area contributed by atoms with Gasteiger partial charge >= 0.3 is 0 Å². The minimum absolute atomic E-state index is 0.653. The first-order valence-electron chi connectivity index (χ1n) is 6.33. The van der Waals surface area contributed by atoms with Crippen LogP contribution < -0.4 is 5.32 Å². The molecule has 1 heterocycles. The monoisotopic (exact) mass is 255 g/mol. The SMILES string of the molecule is COCCNCc1nnc(C2CCCC2C)s1. The van der Waals surface area contributed by atoms with E-state index in [1.165, 1.54) is 24.3 Å². The summed E-state index contributed by atoms with van der Waals surface area (Å²) < 4.78 is 4.99. The lowest BCUT2D eigenvalue weighted by Crippen LogP contribution is -2.18. The summed E-state index contributed by atoms with van der Waals surface area (Å²) in [6.07, 6.45) is 3.96. The zero-order chi connectivity index (χ0) is 12.1. The van der Waals surface area contributed by atoms with E-state index in [0.29, 0.717) is 5.92 Å². The van der Waals surface area contributed by atoms with Gasteiger partial charge in [-0.2, -0.15) is 0 Å². The highest BCUT2D eigenvalue weighted by atomic mass is 32.1. The number of nitrogens with one attached hydrogen (secondary N) is 1. The highest BCUT2D eigenvalue weighted by molar-refractivity contribution is 7.11. The molecule has 2 atom stereocenters. The molecule has 0 aromatic carbocycles. The van der Waals surface area contributed by atoms with Crippen molar-refractivity contribution in [2.45, 2.75) is 38.6 Å². The van der Waals surface area contributed by atoms with Crippen molar-refractivity contribution in [2.24, 2.45) is 5.92 Å². The van der Waals surface area contributed by atoms with Crippen molar-refractivity contribution in [3.63, 3.8) is 0 Å². The second-order valence-corrected chi connectivity index (χ2v) is 5.81. The van der Waals surface area contributed by atoms with E-state index in [9.17, 15) is 0 Å². The average molecular weight is 255 g/mol. The molecule has 2 rings (SSSR count). The maximum Gasteiger partial charge on any atom is 0.131 e. The predicted octanol–water partition coefficient (Wildman–Crippen LogP) is 2.18. The molecule has 1 aliphatic rings. The topological polar surface area (TPSA) is 47.0 Å². The molecule has 17 heavy (non-hydrogen) atoms. The minimum Gasteiger partial charge on any atom is -0.383 e. The minimum atomic E-state index is 0.653. The van der Waals surface area contributed by atoms with Gasteiger partial charge < -0.3 is 10.1 Å². The Kier molecular flexibility index (Phi) is 4.88. The van der Waals surface area contributed by atoms with Crippen LogP contribution in [-0.2, 0) is 11.3 Å². The summed E-state index contributed by atoms with van der Waals surface area (Å²) in [4.78, 5) is 0. The first-order valence-corrected chi connectivity index (χ1v) is 7.15. The Labute approximate surface area is 107 Å². The fourth-order valence-electron chi connectivity index (χ4n) is 2.37. The maximum atomic E-state index is 4.99. The van der Waals surface area contributed by atoms with E-state index in [1.54, 1.807) is 18.4 Å². The largest absolute Gasteiger partial charge is 0.383 e. The Morgan fingerprint density at radius 2 is 2.29 bits per heavy atom. The van der Waals surface area contributed by atoms with E-state index < -0.39 is 0 Å². The van der Waals surface area contributed by atoms with Gasteiger partial charge in [-0.3, -0.25) is 0 Å². The van der Waals surface area contributed by atoms with Crippen molar-refractivity contribution in [2.75, 3.05) is 20.3 Å². The van der Waals surface area contributed by atoms with Gasteiger partial charge in [-0.15, -0.1) is 10.2 Å². The Bertz CT molecular complexity index is 342. The van der Waals surface area contributed by atoms with Crippen molar-refractivity contribution in [3.05, 3.63) is 10.0 Å². The summed E-state index contributed by atoms with van der Waals surface area (Å²) in [6.45, 7) is 4.74. The second kappa shape index (κ2) is 6.42. The first-order chi connectivity index (χ1) is 8.31. The molecule has 5 heteroatoms. The fraction of sp³-hybridized carbons (Fsp3) is 0.833. The van der Waals surface area contributed by atoms with Crippen LogP contribution in [0.15, 0.2) is 0 Å². The third-order valence-corrected chi connectivity index (χ3v) is 4.48. The zero-order valence-corrected chi connectivity index (χ0v) is 11.4. The smallest absolute Gasteiger partial charge is 0.131 e. The highest BCUT2D eigenvalue weighted by Gasteiger charge is 2.27. The van der Waals surface area contributed by atoms with Gasteiger partial charge in [-0.25, -0.2) is 0 Å². The van der Waals surface area contributed by atoms with E-state index in [2.05, 4.69) is 22.4 Å². The third kappa shape index (κ3) is 3.47. The molecule has 1 fully saturated rings. The molecule has 0 spiro atoms. The molecule has 0 aliphatic heterocycles. The highest BCUT2D eigenvalue weighted by Crippen LogP contribution is 2.40. The number of hydrogen-bond donors (Lipinski definition) is 1. The second-order valence-electron chi connectivity index (χ2n) is 4.72. The van der Waals surface area contributed by atoms with Gasteiger partial charge in [0.1, 0.15) is 10.0 Å². The van der Waals surface area contributed by atoms with E-state index in [1.807, 2.05) is 0 Å². The third-order valence-electron chi connectivity index (χ3n) is 3.42. The first kappa shape index (κ1) is 12.9. The van der Waals surface area contributed by atoms with E-state index in [0.717, 1.165) is 30.6 Å². The molecule has 0 amide bonds. The van der Waals surface area contributed by atoms with Gasteiger partial charge in [-0.05, 0) is 12.3 Å². The molecular weight excluding hydrogens is 234 g/mol. The summed E-state index contributed by atoms with van der Waals surface area (Å²) in [5.41, 5.74) is 0. The molecular formula is C12H21N3OS. The summed E-state index contributed by atoms with van der Waals surface area (Å²) in [6, 6.07) is 0. The Hall–Kier alpha value is -0.520. The molecule has 2 unspecified atom stereocenters. The summed E-state index contributed by atoms with van der Waals surface area (Å²) >= 11 is 1.77. The van der Waals surface area contributed by atoms with Crippen LogP contribution in [0, 0.1) is 5.92 Å². The summed E-state index contributed by atoms with van der Waals surface area (Å²) in [7, 11) is 1.71. The lowest BCUT2D eigenvalue weighted by molar-refractivity contribution is 0.199. The lowest BCUT2D eigenvalue weighted by atomic mass is 9.99. The molecule has 1 aliphatic carbocycles. The van der Waals surface area contributed by atoms with Gasteiger partial charge in [0.05, 0.1) is 6.61 Å². The van der Waals surface area contributed by atoms with Crippen LogP contribution in [-0.4, -0.2) is 30.5 Å². The van der Waals surface area contributed by atoms with Crippen molar-refractivity contribution in [3.8, 4) is 0 Å². The van der Waals surface area contributed by atoms with Gasteiger partial charge in [0.15, 0.2) is 0 Å². The lowest BCUT2D eigenvalue weighted by Gasteiger charge is -2.10. The molecule has 1 N–H and O–H groups in total. The van der Waals surface area contributed by atoms with Crippen molar-refractivity contribution >= 4 is 11.3 Å². The number of rotatable bonds is 6. The number of ether oxygens (including phenoxy) is 1. The van der Waals surface area contributed by atoms with Crippen LogP contribution >= 0.6 is 11.3 Å². The molecule has 4 nitrogen and oxygen atoms in total. The summed E-state index contributed by atoms with van der Waals surface area (Å²) in [5.74, 6) is 1.43. The van der Waals surface area contributed by atoms with Crippen LogP contribution in [0.2, 0.25) is 0 Å². The molecule has 1 saturated carbocycles. The van der Waals surface area contributed by atoms with E-state index >= 15 is 0 Å². The fourth-order valence-corrected chi connectivity index (χ4v) is 3.45. The van der Waals surface area contributed by atoms with E-state index in [4.69, 9.17) is 4.74 Å². The molecule has 96 valence electrons. The molecule has 1 aromatic rings. The van der Waals surface area contributed by atoms with E-state index in [-0.39, 0.29) is 0 Å². The number of aromatic nitrogens is 2. The quantitative estimate of drug-likeness (QED) is 0.791. The van der Waals surface area contributed by atoms with Crippen LogP contribution in [0.4, 0.5) is 0 Å². The Morgan fingerprint density at radius 3 is 3.00 bits per heavy atom. The molecule has 1 aromatic heterocycles. The number of nitrogens with zero attached hydrogens (tertiary/aromatic N) is 2. The Balaban J connectivity index is 1.83. The summed E-state index contributed by atoms with van der Waals surface area (Å²) in [5, 5.41) is 14.2. The van der Waals surface area contributed by atoms with Gasteiger partial charge in [0.25, 0.3) is 0 Å².